The van der Waals surface area contributed by atoms with Gasteiger partial charge in [0.1, 0.15) is 0 Å². The van der Waals surface area contributed by atoms with E-state index >= 15 is 0 Å². The Morgan fingerprint density at radius 2 is 1.79 bits per heavy atom. The van der Waals surface area contributed by atoms with Crippen molar-refractivity contribution in [3.05, 3.63) is 0 Å². The fourth-order valence-corrected chi connectivity index (χ4v) is 4.81. The summed E-state index contributed by atoms with van der Waals surface area (Å²) < 4.78 is 0. The number of carbonyl (C=O) groups is 1. The first-order valence-corrected chi connectivity index (χ1v) is 7.21. The molecule has 0 heterocycles. The van der Waals surface area contributed by atoms with Gasteiger partial charge in [-0.3, -0.25) is 4.79 Å². The smallest absolute Gasteiger partial charge is 0.307 e. The van der Waals surface area contributed by atoms with Gasteiger partial charge in [-0.25, -0.2) is 0 Å². The molecule has 4 heteroatoms. The lowest BCUT2D eigenvalue weighted by molar-refractivity contribution is -0.193. The van der Waals surface area contributed by atoms with Crippen LogP contribution in [0.1, 0.15) is 47.0 Å². The zero-order chi connectivity index (χ0) is 14.6. The number of hydrogen-bond donors (Lipinski definition) is 3. The average molecular weight is 270 g/mol. The molecule has 0 spiro atoms. The van der Waals surface area contributed by atoms with Gasteiger partial charge < -0.3 is 15.3 Å². The molecule has 0 aliphatic heterocycles. The lowest BCUT2D eigenvalue weighted by Crippen LogP contribution is -2.60. The van der Waals surface area contributed by atoms with Gasteiger partial charge >= 0.3 is 5.97 Å². The van der Waals surface area contributed by atoms with Crippen LogP contribution in [0.4, 0.5) is 0 Å². The minimum Gasteiger partial charge on any atom is -0.481 e. The molecule has 2 aliphatic rings. The zero-order valence-corrected chi connectivity index (χ0v) is 12.3. The third-order valence-corrected chi connectivity index (χ3v) is 6.10. The summed E-state index contributed by atoms with van der Waals surface area (Å²) in [5, 5.41) is 30.1. The minimum atomic E-state index is -0.814. The Hall–Kier alpha value is -0.610. The Kier molecular flexibility index (Phi) is 3.47. The molecular formula is C15H26O4. The van der Waals surface area contributed by atoms with Gasteiger partial charge in [-0.05, 0) is 41.9 Å². The molecule has 0 radical (unpaired) electrons. The lowest BCUT2D eigenvalue weighted by atomic mass is 9.45. The van der Waals surface area contributed by atoms with E-state index in [1.807, 2.05) is 27.7 Å². The number of aliphatic hydroxyl groups excluding tert-OH is 2. The van der Waals surface area contributed by atoms with E-state index in [2.05, 4.69) is 0 Å². The van der Waals surface area contributed by atoms with E-state index in [0.29, 0.717) is 12.8 Å². The Morgan fingerprint density at radius 3 is 2.32 bits per heavy atom. The van der Waals surface area contributed by atoms with Crippen LogP contribution in [0, 0.1) is 28.6 Å². The number of carboxylic acid groups (broad SMARTS) is 1. The summed E-state index contributed by atoms with van der Waals surface area (Å²) in [6, 6.07) is 0. The van der Waals surface area contributed by atoms with Crippen molar-refractivity contribution in [2.75, 3.05) is 0 Å². The molecule has 4 nitrogen and oxygen atoms in total. The second-order valence-corrected chi connectivity index (χ2v) is 7.41. The Labute approximate surface area is 114 Å². The third kappa shape index (κ3) is 2.00. The van der Waals surface area contributed by atoms with Crippen molar-refractivity contribution >= 4 is 5.97 Å². The van der Waals surface area contributed by atoms with Gasteiger partial charge in [0.15, 0.2) is 0 Å². The maximum atomic E-state index is 11.7. The third-order valence-electron chi connectivity index (χ3n) is 6.10. The van der Waals surface area contributed by atoms with Crippen LogP contribution >= 0.6 is 0 Å². The zero-order valence-electron chi connectivity index (χ0n) is 12.3. The van der Waals surface area contributed by atoms with Crippen molar-refractivity contribution in [3.63, 3.8) is 0 Å². The fourth-order valence-electron chi connectivity index (χ4n) is 4.81. The van der Waals surface area contributed by atoms with Gasteiger partial charge in [0, 0.05) is 0 Å². The van der Waals surface area contributed by atoms with Crippen LogP contribution in [0.25, 0.3) is 0 Å². The first-order valence-electron chi connectivity index (χ1n) is 7.21. The predicted molar refractivity (Wildman–Crippen MR) is 71.5 cm³/mol. The normalized spacial score (nSPS) is 49.5. The van der Waals surface area contributed by atoms with E-state index < -0.39 is 24.1 Å². The van der Waals surface area contributed by atoms with E-state index in [1.165, 1.54) is 0 Å². The van der Waals surface area contributed by atoms with Gasteiger partial charge in [0.05, 0.1) is 18.1 Å². The molecule has 19 heavy (non-hydrogen) atoms. The number of hydrogen-bond acceptors (Lipinski definition) is 3. The van der Waals surface area contributed by atoms with Gasteiger partial charge in [-0.1, -0.05) is 27.7 Å². The van der Waals surface area contributed by atoms with Crippen LogP contribution in [0.5, 0.6) is 0 Å². The number of rotatable bonds is 1. The molecule has 0 aromatic rings. The standard InChI is InChI=1S/C15H26O4/c1-8-9(16)7-10-14(2,3)11(17)5-6-15(10,4)12(8)13(18)19/h8-12,16-17H,5-7H2,1-4H3,(H,18,19). The van der Waals surface area contributed by atoms with Crippen molar-refractivity contribution in [3.8, 4) is 0 Å². The van der Waals surface area contributed by atoms with Gasteiger partial charge in [-0.2, -0.15) is 0 Å². The molecule has 2 aliphatic carbocycles. The van der Waals surface area contributed by atoms with Crippen molar-refractivity contribution in [1.29, 1.82) is 0 Å². The van der Waals surface area contributed by atoms with Crippen LogP contribution in [0.15, 0.2) is 0 Å². The molecule has 6 unspecified atom stereocenters. The molecular weight excluding hydrogens is 244 g/mol. The molecule has 2 rings (SSSR count). The number of fused-ring (bicyclic) bond motifs is 1. The van der Waals surface area contributed by atoms with Crippen LogP contribution in [0.3, 0.4) is 0 Å². The second kappa shape index (κ2) is 4.45. The minimum absolute atomic E-state index is 0.0380. The Bertz CT molecular complexity index is 378. The van der Waals surface area contributed by atoms with Gasteiger partial charge in [0.2, 0.25) is 0 Å². The van der Waals surface area contributed by atoms with E-state index in [1.54, 1.807) is 0 Å². The molecule has 0 aromatic heterocycles. The summed E-state index contributed by atoms with van der Waals surface area (Å²) in [6.07, 6.45) is 0.943. The summed E-state index contributed by atoms with van der Waals surface area (Å²) in [5.74, 6) is -1.54. The topological polar surface area (TPSA) is 77.8 Å². The highest BCUT2D eigenvalue weighted by Gasteiger charge is 2.60. The van der Waals surface area contributed by atoms with E-state index in [9.17, 15) is 20.1 Å². The SMILES string of the molecule is CC1C(O)CC2C(C)(C)C(O)CCC2(C)C1C(=O)O. The largest absolute Gasteiger partial charge is 0.481 e. The van der Waals surface area contributed by atoms with Crippen LogP contribution in [0.2, 0.25) is 0 Å². The molecule has 2 fully saturated rings. The van der Waals surface area contributed by atoms with Crippen LogP contribution < -0.4 is 0 Å². The summed E-state index contributed by atoms with van der Waals surface area (Å²) >= 11 is 0. The number of aliphatic carboxylic acids is 1. The van der Waals surface area contributed by atoms with E-state index in [-0.39, 0.29) is 22.7 Å². The van der Waals surface area contributed by atoms with E-state index in [0.717, 1.165) is 6.42 Å². The fraction of sp³-hybridized carbons (Fsp3) is 0.933. The first-order chi connectivity index (χ1) is 8.62. The highest BCUT2D eigenvalue weighted by Crippen LogP contribution is 2.61. The second-order valence-electron chi connectivity index (χ2n) is 7.41. The van der Waals surface area contributed by atoms with Crippen LogP contribution in [-0.2, 0) is 4.79 Å². The maximum absolute atomic E-state index is 11.7. The lowest BCUT2D eigenvalue weighted by Gasteiger charge is -2.60. The molecule has 0 bridgehead atoms. The van der Waals surface area contributed by atoms with Crippen molar-refractivity contribution < 1.29 is 20.1 Å². The monoisotopic (exact) mass is 270 g/mol. The van der Waals surface area contributed by atoms with Crippen molar-refractivity contribution in [2.24, 2.45) is 28.6 Å². The number of carboxylic acids is 1. The molecule has 0 saturated heterocycles. The summed E-state index contributed by atoms with van der Waals surface area (Å²) in [7, 11) is 0. The van der Waals surface area contributed by atoms with Crippen LogP contribution in [-0.4, -0.2) is 33.5 Å². The van der Waals surface area contributed by atoms with Crippen molar-refractivity contribution in [2.45, 2.75) is 59.2 Å². The predicted octanol–water partition coefficient (Wildman–Crippen LogP) is 1.89. The molecule has 2 saturated carbocycles. The number of aliphatic hydroxyl groups is 2. The Morgan fingerprint density at radius 1 is 1.21 bits per heavy atom. The first kappa shape index (κ1) is 14.8. The van der Waals surface area contributed by atoms with E-state index in [4.69, 9.17) is 0 Å². The molecule has 0 aromatic carbocycles. The van der Waals surface area contributed by atoms with Crippen molar-refractivity contribution in [1.82, 2.24) is 0 Å². The van der Waals surface area contributed by atoms with Gasteiger partial charge in [0.25, 0.3) is 0 Å². The van der Waals surface area contributed by atoms with Gasteiger partial charge in [-0.15, -0.1) is 0 Å². The Balaban J connectivity index is 2.46. The quantitative estimate of drug-likeness (QED) is 0.680. The molecule has 6 atom stereocenters. The highest BCUT2D eigenvalue weighted by molar-refractivity contribution is 5.72. The molecule has 0 amide bonds. The average Bonchev–Trinajstić information content (AvgIpc) is 2.28. The highest BCUT2D eigenvalue weighted by atomic mass is 16.4. The molecule has 3 N–H and O–H groups in total. The maximum Gasteiger partial charge on any atom is 0.307 e. The summed E-state index contributed by atoms with van der Waals surface area (Å²) in [6.45, 7) is 7.87. The summed E-state index contributed by atoms with van der Waals surface area (Å²) in [4.78, 5) is 11.7. The molecule has 110 valence electrons. The summed E-state index contributed by atoms with van der Waals surface area (Å²) in [5.41, 5.74) is -0.685.